The van der Waals surface area contributed by atoms with Crippen LogP contribution < -0.4 is 16.0 Å². The number of carbonyl (C=O) groups is 1. The van der Waals surface area contributed by atoms with Gasteiger partial charge in [-0.2, -0.15) is 0 Å². The van der Waals surface area contributed by atoms with Crippen molar-refractivity contribution in [3.05, 3.63) is 66.0 Å². The number of aromatic nitrogens is 2. The lowest BCUT2D eigenvalue weighted by molar-refractivity contribution is -0.116. The molecule has 0 aliphatic rings. The van der Waals surface area contributed by atoms with Gasteiger partial charge in [-0.3, -0.25) is 4.79 Å². The molecule has 1 aromatic heterocycles. The highest BCUT2D eigenvalue weighted by molar-refractivity contribution is 5.90. The third-order valence-electron chi connectivity index (χ3n) is 4.36. The predicted molar refractivity (Wildman–Crippen MR) is 119 cm³/mol. The zero-order chi connectivity index (χ0) is 20.6. The quantitative estimate of drug-likeness (QED) is 0.460. The minimum absolute atomic E-state index is 0.0470. The topological polar surface area (TPSA) is 78.9 Å². The van der Waals surface area contributed by atoms with Crippen molar-refractivity contribution in [2.45, 2.75) is 40.0 Å². The van der Waals surface area contributed by atoms with Crippen LogP contribution in [0.4, 0.5) is 28.7 Å². The van der Waals surface area contributed by atoms with E-state index in [0.717, 1.165) is 35.7 Å². The number of nitrogens with zero attached hydrogens (tertiary/aromatic N) is 2. The minimum atomic E-state index is 0.0470. The van der Waals surface area contributed by atoms with E-state index < -0.39 is 0 Å². The number of carbonyl (C=O) groups excluding carboxylic acids is 1. The Kier molecular flexibility index (Phi) is 6.79. The van der Waals surface area contributed by atoms with Crippen molar-refractivity contribution in [3.63, 3.8) is 0 Å². The van der Waals surface area contributed by atoms with Gasteiger partial charge in [0.05, 0.1) is 0 Å². The molecule has 1 heterocycles. The van der Waals surface area contributed by atoms with Gasteiger partial charge in [-0.15, -0.1) is 0 Å². The van der Waals surface area contributed by atoms with Crippen LogP contribution in [0.15, 0.2) is 54.6 Å². The van der Waals surface area contributed by atoms with E-state index in [-0.39, 0.29) is 5.91 Å². The summed E-state index contributed by atoms with van der Waals surface area (Å²) in [7, 11) is 0. The van der Waals surface area contributed by atoms with Gasteiger partial charge in [-0.05, 0) is 56.7 Å². The number of rotatable bonds is 8. The predicted octanol–water partition coefficient (Wildman–Crippen LogP) is 5.71. The summed E-state index contributed by atoms with van der Waals surface area (Å²) in [6.45, 7) is 5.99. The van der Waals surface area contributed by atoms with Gasteiger partial charge in [0, 0.05) is 29.5 Å². The van der Waals surface area contributed by atoms with Gasteiger partial charge >= 0.3 is 0 Å². The second-order valence-corrected chi connectivity index (χ2v) is 7.03. The number of benzene rings is 2. The van der Waals surface area contributed by atoms with E-state index in [1.807, 2.05) is 49.4 Å². The van der Waals surface area contributed by atoms with E-state index in [1.165, 1.54) is 5.56 Å². The van der Waals surface area contributed by atoms with Crippen LogP contribution in [0.1, 0.15) is 37.6 Å². The molecular weight excluding hydrogens is 362 g/mol. The summed E-state index contributed by atoms with van der Waals surface area (Å²) in [6, 6.07) is 17.6. The van der Waals surface area contributed by atoms with E-state index in [0.29, 0.717) is 18.1 Å². The molecule has 29 heavy (non-hydrogen) atoms. The fourth-order valence-corrected chi connectivity index (χ4v) is 2.83. The number of anilines is 5. The zero-order valence-corrected chi connectivity index (χ0v) is 17.1. The Morgan fingerprint density at radius 3 is 1.90 bits per heavy atom. The molecule has 0 atom stereocenters. The number of unbranched alkanes of at least 4 members (excludes halogenated alkanes) is 1. The van der Waals surface area contributed by atoms with E-state index in [9.17, 15) is 4.79 Å². The van der Waals surface area contributed by atoms with Crippen LogP contribution in [-0.4, -0.2) is 15.9 Å². The smallest absolute Gasteiger partial charge is 0.224 e. The van der Waals surface area contributed by atoms with Crippen LogP contribution >= 0.6 is 0 Å². The van der Waals surface area contributed by atoms with Crippen LogP contribution in [0, 0.1) is 13.8 Å². The van der Waals surface area contributed by atoms with Gasteiger partial charge in [0.25, 0.3) is 0 Å². The molecule has 0 aliphatic heterocycles. The van der Waals surface area contributed by atoms with Gasteiger partial charge in [0.2, 0.25) is 5.91 Å². The molecule has 0 fully saturated rings. The van der Waals surface area contributed by atoms with Crippen LogP contribution in [-0.2, 0) is 4.79 Å². The van der Waals surface area contributed by atoms with E-state index in [2.05, 4.69) is 51.9 Å². The summed E-state index contributed by atoms with van der Waals surface area (Å²) in [4.78, 5) is 20.8. The Morgan fingerprint density at radius 1 is 0.828 bits per heavy atom. The number of nitrogens with one attached hydrogen (secondary N) is 3. The Morgan fingerprint density at radius 2 is 1.34 bits per heavy atom. The van der Waals surface area contributed by atoms with Gasteiger partial charge in [0.15, 0.2) is 0 Å². The second kappa shape index (κ2) is 9.68. The van der Waals surface area contributed by atoms with Gasteiger partial charge in [-0.25, -0.2) is 9.97 Å². The van der Waals surface area contributed by atoms with Crippen molar-refractivity contribution < 1.29 is 4.79 Å². The van der Waals surface area contributed by atoms with Crippen LogP contribution in [0.3, 0.4) is 0 Å². The second-order valence-electron chi connectivity index (χ2n) is 7.03. The van der Waals surface area contributed by atoms with E-state index >= 15 is 0 Å². The Hall–Kier alpha value is -3.41. The standard InChI is InChI=1S/C23H27N5O/c1-4-5-6-23(29)28-20-13-11-19(12-14-20)27-22-15-21(24-17(3)25-22)26-18-9-7-16(2)8-10-18/h7-15H,4-6H2,1-3H3,(H,28,29)(H2,24,25,26,27). The Bertz CT molecular complexity index is 952. The molecule has 1 amide bonds. The molecule has 0 saturated carbocycles. The third kappa shape index (κ3) is 6.31. The molecule has 0 aliphatic carbocycles. The molecular formula is C23H27N5O. The average Bonchev–Trinajstić information content (AvgIpc) is 2.69. The highest BCUT2D eigenvalue weighted by Crippen LogP contribution is 2.22. The fourth-order valence-electron chi connectivity index (χ4n) is 2.83. The van der Waals surface area contributed by atoms with Gasteiger partial charge < -0.3 is 16.0 Å². The van der Waals surface area contributed by atoms with Gasteiger partial charge in [0.1, 0.15) is 17.5 Å². The van der Waals surface area contributed by atoms with Gasteiger partial charge in [-0.1, -0.05) is 31.0 Å². The maximum Gasteiger partial charge on any atom is 0.224 e. The molecule has 3 N–H and O–H groups in total. The molecule has 0 spiro atoms. The first-order valence-electron chi connectivity index (χ1n) is 9.88. The number of amides is 1. The summed E-state index contributed by atoms with van der Waals surface area (Å²) in [5.41, 5.74) is 3.86. The average molecular weight is 390 g/mol. The molecule has 3 rings (SSSR count). The lowest BCUT2D eigenvalue weighted by Gasteiger charge is -2.11. The first-order chi connectivity index (χ1) is 14.0. The van der Waals surface area contributed by atoms with E-state index in [4.69, 9.17) is 0 Å². The van der Waals surface area contributed by atoms with Crippen molar-refractivity contribution >= 4 is 34.6 Å². The van der Waals surface area contributed by atoms with Crippen molar-refractivity contribution in [3.8, 4) is 0 Å². The molecule has 150 valence electrons. The minimum Gasteiger partial charge on any atom is -0.340 e. The maximum atomic E-state index is 11.8. The van der Waals surface area contributed by atoms with Crippen LogP contribution in [0.25, 0.3) is 0 Å². The first kappa shape index (κ1) is 20.3. The third-order valence-corrected chi connectivity index (χ3v) is 4.36. The van der Waals surface area contributed by atoms with Crippen LogP contribution in [0.2, 0.25) is 0 Å². The number of hydrogen-bond acceptors (Lipinski definition) is 5. The summed E-state index contributed by atoms with van der Waals surface area (Å²) < 4.78 is 0. The largest absolute Gasteiger partial charge is 0.340 e. The lowest BCUT2D eigenvalue weighted by atomic mass is 10.2. The number of aryl methyl sites for hydroxylation is 2. The molecule has 0 bridgehead atoms. The molecule has 0 unspecified atom stereocenters. The van der Waals surface area contributed by atoms with Crippen LogP contribution in [0.5, 0.6) is 0 Å². The number of hydrogen-bond donors (Lipinski definition) is 3. The fraction of sp³-hybridized carbons (Fsp3) is 0.261. The van der Waals surface area contributed by atoms with Crippen molar-refractivity contribution in [1.82, 2.24) is 9.97 Å². The summed E-state index contributed by atoms with van der Waals surface area (Å²) in [5.74, 6) is 2.14. The molecule has 3 aromatic rings. The highest BCUT2D eigenvalue weighted by Gasteiger charge is 2.05. The summed E-state index contributed by atoms with van der Waals surface area (Å²) >= 11 is 0. The summed E-state index contributed by atoms with van der Waals surface area (Å²) in [6.07, 6.45) is 2.46. The van der Waals surface area contributed by atoms with Crippen molar-refractivity contribution in [2.75, 3.05) is 16.0 Å². The SMILES string of the molecule is CCCCC(=O)Nc1ccc(Nc2cc(Nc3ccc(C)cc3)nc(C)n2)cc1. The maximum absolute atomic E-state index is 11.8. The normalized spacial score (nSPS) is 10.4. The summed E-state index contributed by atoms with van der Waals surface area (Å²) in [5, 5.41) is 9.51. The molecule has 6 heteroatoms. The molecule has 6 nitrogen and oxygen atoms in total. The van der Waals surface area contributed by atoms with Crippen molar-refractivity contribution in [2.24, 2.45) is 0 Å². The highest BCUT2D eigenvalue weighted by atomic mass is 16.1. The molecule has 0 radical (unpaired) electrons. The lowest BCUT2D eigenvalue weighted by Crippen LogP contribution is -2.10. The monoisotopic (exact) mass is 389 g/mol. The van der Waals surface area contributed by atoms with Crippen molar-refractivity contribution in [1.29, 1.82) is 0 Å². The Balaban J connectivity index is 1.65. The van der Waals surface area contributed by atoms with E-state index in [1.54, 1.807) is 0 Å². The molecule has 0 saturated heterocycles. The molecule has 2 aromatic carbocycles. The first-order valence-corrected chi connectivity index (χ1v) is 9.88. The zero-order valence-electron chi connectivity index (χ0n) is 17.1. The Labute approximate surface area is 171 Å².